The molecule has 2 aromatic rings. The van der Waals surface area contributed by atoms with Gasteiger partial charge in [0, 0.05) is 30.1 Å². The van der Waals surface area contributed by atoms with Gasteiger partial charge in [0.25, 0.3) is 6.02 Å². The summed E-state index contributed by atoms with van der Waals surface area (Å²) in [5.41, 5.74) is 1.08. The number of rotatable bonds is 10. The van der Waals surface area contributed by atoms with Crippen LogP contribution in [0, 0.1) is 5.92 Å². The van der Waals surface area contributed by atoms with Gasteiger partial charge in [-0.2, -0.15) is 0 Å². The number of piperazine rings is 1. The van der Waals surface area contributed by atoms with Crippen LogP contribution in [0.25, 0.3) is 0 Å². The molecule has 4 atom stereocenters. The smallest absolute Gasteiger partial charge is 0.288 e. The number of ether oxygens (including phenoxy) is 1. The fourth-order valence-electron chi connectivity index (χ4n) is 6.66. The molecule has 2 amide bonds. The van der Waals surface area contributed by atoms with E-state index in [-0.39, 0.29) is 36.0 Å². The minimum absolute atomic E-state index is 0.0192. The van der Waals surface area contributed by atoms with Crippen LogP contribution in [0.4, 0.5) is 0 Å². The number of carbonyl (C=O) groups is 2. The first kappa shape index (κ1) is 32.4. The fourth-order valence-corrected chi connectivity index (χ4v) is 7.31. The van der Waals surface area contributed by atoms with E-state index in [0.29, 0.717) is 44.2 Å². The number of thiophene rings is 1. The number of likely N-dealkylation sites (tertiary alicyclic amines) is 1. The average Bonchev–Trinajstić information content (AvgIpc) is 3.69. The lowest BCUT2D eigenvalue weighted by atomic mass is 9.88. The first-order valence-corrected chi connectivity index (χ1v) is 17.2. The van der Waals surface area contributed by atoms with Gasteiger partial charge in [-0.3, -0.25) is 9.59 Å². The Morgan fingerprint density at radius 1 is 1.02 bits per heavy atom. The monoisotopic (exact) mass is 622 g/mol. The van der Waals surface area contributed by atoms with Crippen molar-refractivity contribution in [1.29, 1.82) is 0 Å². The van der Waals surface area contributed by atoms with E-state index in [1.165, 1.54) is 0 Å². The number of piperidine rings is 1. The van der Waals surface area contributed by atoms with Crippen molar-refractivity contribution < 1.29 is 14.3 Å². The average molecular weight is 623 g/mol. The SMILES string of the molecule is CC(C)NC(CC1CCN(C(C)C)CC1)C(=O)N1CCN(C2=N[C@@H](C)[C@H](c3ccccc3)O2)CC1C(=O)NCc1cccs1. The van der Waals surface area contributed by atoms with Crippen LogP contribution in [0.1, 0.15) is 70.4 Å². The summed E-state index contributed by atoms with van der Waals surface area (Å²) >= 11 is 1.61. The van der Waals surface area contributed by atoms with Crippen molar-refractivity contribution in [2.75, 3.05) is 32.7 Å². The number of amidine groups is 1. The van der Waals surface area contributed by atoms with Gasteiger partial charge in [0.1, 0.15) is 12.1 Å². The summed E-state index contributed by atoms with van der Waals surface area (Å²) < 4.78 is 6.39. The molecule has 2 fully saturated rings. The molecule has 2 unspecified atom stereocenters. The Kier molecular flexibility index (Phi) is 11.0. The number of benzene rings is 1. The number of amides is 2. The number of aliphatic imine (C=N–C) groups is 1. The van der Waals surface area contributed by atoms with Crippen LogP contribution in [-0.2, 0) is 20.9 Å². The van der Waals surface area contributed by atoms with Crippen LogP contribution in [0.15, 0.2) is 52.8 Å². The molecule has 1 aromatic carbocycles. The maximum Gasteiger partial charge on any atom is 0.288 e. The van der Waals surface area contributed by atoms with Gasteiger partial charge in [0.05, 0.1) is 25.2 Å². The zero-order valence-electron chi connectivity index (χ0n) is 26.9. The Balaban J connectivity index is 1.31. The molecule has 9 nitrogen and oxygen atoms in total. The zero-order chi connectivity index (χ0) is 31.2. The molecule has 10 heteroatoms. The molecule has 3 aliphatic rings. The van der Waals surface area contributed by atoms with E-state index >= 15 is 0 Å². The van der Waals surface area contributed by atoms with E-state index in [1.54, 1.807) is 11.3 Å². The molecular weight excluding hydrogens is 572 g/mol. The molecule has 2 saturated heterocycles. The molecule has 4 heterocycles. The molecule has 0 saturated carbocycles. The third-order valence-electron chi connectivity index (χ3n) is 9.15. The minimum atomic E-state index is -0.646. The van der Waals surface area contributed by atoms with E-state index in [9.17, 15) is 9.59 Å². The molecule has 2 N–H and O–H groups in total. The van der Waals surface area contributed by atoms with Crippen LogP contribution in [0.2, 0.25) is 0 Å². The molecule has 0 aliphatic carbocycles. The van der Waals surface area contributed by atoms with Crippen molar-refractivity contribution in [3.05, 3.63) is 58.3 Å². The normalized spacial score (nSPS) is 24.0. The number of hydrogen-bond acceptors (Lipinski definition) is 8. The van der Waals surface area contributed by atoms with Gasteiger partial charge in [-0.05, 0) is 76.1 Å². The first-order valence-electron chi connectivity index (χ1n) is 16.3. The second-order valence-corrected chi connectivity index (χ2v) is 14.1. The largest absolute Gasteiger partial charge is 0.455 e. The maximum atomic E-state index is 14.3. The van der Waals surface area contributed by atoms with Crippen molar-refractivity contribution in [2.45, 2.75) is 96.7 Å². The van der Waals surface area contributed by atoms with Crippen molar-refractivity contribution in [1.82, 2.24) is 25.3 Å². The Bertz CT molecular complexity index is 1240. The minimum Gasteiger partial charge on any atom is -0.455 e. The number of nitrogens with zero attached hydrogens (tertiary/aromatic N) is 4. The van der Waals surface area contributed by atoms with Crippen molar-refractivity contribution >= 4 is 29.2 Å². The summed E-state index contributed by atoms with van der Waals surface area (Å²) in [4.78, 5) is 40.5. The molecule has 0 bridgehead atoms. The number of carbonyl (C=O) groups excluding carboxylic acids is 2. The maximum absolute atomic E-state index is 14.3. The van der Waals surface area contributed by atoms with Crippen molar-refractivity contribution in [3.8, 4) is 0 Å². The molecule has 1 aromatic heterocycles. The first-order chi connectivity index (χ1) is 21.2. The lowest BCUT2D eigenvalue weighted by Gasteiger charge is -2.43. The van der Waals surface area contributed by atoms with E-state index < -0.39 is 6.04 Å². The highest BCUT2D eigenvalue weighted by molar-refractivity contribution is 7.09. The van der Waals surface area contributed by atoms with Gasteiger partial charge >= 0.3 is 0 Å². The highest BCUT2D eigenvalue weighted by Gasteiger charge is 2.42. The van der Waals surface area contributed by atoms with Crippen LogP contribution in [-0.4, -0.2) is 95.5 Å². The Hall–Kier alpha value is -2.95. The third-order valence-corrected chi connectivity index (χ3v) is 10.0. The molecule has 5 rings (SSSR count). The van der Waals surface area contributed by atoms with Crippen LogP contribution in [0.5, 0.6) is 0 Å². The summed E-state index contributed by atoms with van der Waals surface area (Å²) in [5.74, 6) is 0.359. The highest BCUT2D eigenvalue weighted by Crippen LogP contribution is 2.31. The molecule has 240 valence electrons. The van der Waals surface area contributed by atoms with Gasteiger partial charge in [0.15, 0.2) is 0 Å². The van der Waals surface area contributed by atoms with Crippen LogP contribution < -0.4 is 10.6 Å². The summed E-state index contributed by atoms with van der Waals surface area (Å²) in [6, 6.07) is 14.4. The molecule has 44 heavy (non-hydrogen) atoms. The van der Waals surface area contributed by atoms with Gasteiger partial charge in [0.2, 0.25) is 11.8 Å². The lowest BCUT2D eigenvalue weighted by Crippen LogP contribution is -2.64. The second-order valence-electron chi connectivity index (χ2n) is 13.1. The van der Waals surface area contributed by atoms with Gasteiger partial charge in [-0.1, -0.05) is 50.2 Å². The van der Waals surface area contributed by atoms with E-state index in [1.807, 2.05) is 45.5 Å². The molecular formula is C34H50N6O3S. The predicted octanol–water partition coefficient (Wildman–Crippen LogP) is 4.27. The highest BCUT2D eigenvalue weighted by atomic mass is 32.1. The zero-order valence-corrected chi connectivity index (χ0v) is 27.8. The summed E-state index contributed by atoms with van der Waals surface area (Å²) in [6.07, 6.45) is 2.81. The van der Waals surface area contributed by atoms with Gasteiger partial charge < -0.3 is 30.1 Å². The van der Waals surface area contributed by atoms with Gasteiger partial charge in [-0.25, -0.2) is 4.99 Å². The lowest BCUT2D eigenvalue weighted by molar-refractivity contribution is -0.145. The van der Waals surface area contributed by atoms with E-state index in [4.69, 9.17) is 9.73 Å². The standard InChI is InChI=1S/C34H50N6O3S/c1-23(2)36-29(20-26-13-15-38(16-14-26)24(3)4)33(42)40-18-17-39(22-30(40)32(41)35-21-28-12-9-19-44-28)34-37-25(5)31(43-34)27-10-7-6-8-11-27/h6-12,19,23-26,29-31,36H,13-18,20-22H2,1-5H3,(H,35,41)/t25-,29?,30?,31+/m0/s1. The molecule has 0 radical (unpaired) electrons. The third kappa shape index (κ3) is 8.00. The Labute approximate surface area is 267 Å². The van der Waals surface area contributed by atoms with Crippen molar-refractivity contribution in [3.63, 3.8) is 0 Å². The van der Waals surface area contributed by atoms with E-state index in [2.05, 4.69) is 62.3 Å². The van der Waals surface area contributed by atoms with Crippen LogP contribution >= 0.6 is 11.3 Å². The van der Waals surface area contributed by atoms with Gasteiger partial charge in [-0.15, -0.1) is 11.3 Å². The predicted molar refractivity (Wildman–Crippen MR) is 177 cm³/mol. The Morgan fingerprint density at radius 3 is 2.43 bits per heavy atom. The second kappa shape index (κ2) is 14.9. The summed E-state index contributed by atoms with van der Waals surface area (Å²) in [7, 11) is 0. The fraction of sp³-hybridized carbons (Fsp3) is 0.618. The number of hydrogen-bond donors (Lipinski definition) is 2. The topological polar surface area (TPSA) is 89.5 Å². The molecule has 0 spiro atoms. The summed E-state index contributed by atoms with van der Waals surface area (Å²) in [6.45, 7) is 14.7. The quantitative estimate of drug-likeness (QED) is 0.412. The van der Waals surface area contributed by atoms with E-state index in [0.717, 1.165) is 42.8 Å². The molecule has 3 aliphatic heterocycles. The summed E-state index contributed by atoms with van der Waals surface area (Å²) in [5, 5.41) is 8.69. The van der Waals surface area contributed by atoms with Crippen LogP contribution in [0.3, 0.4) is 0 Å². The van der Waals surface area contributed by atoms with Crippen molar-refractivity contribution in [2.24, 2.45) is 10.9 Å². The number of nitrogens with one attached hydrogen (secondary N) is 2. The Morgan fingerprint density at radius 2 is 1.77 bits per heavy atom.